The van der Waals surface area contributed by atoms with Crippen LogP contribution in [0.25, 0.3) is 0 Å². The summed E-state index contributed by atoms with van der Waals surface area (Å²) >= 11 is 0. The van der Waals surface area contributed by atoms with E-state index in [0.29, 0.717) is 6.42 Å². The summed E-state index contributed by atoms with van der Waals surface area (Å²) in [4.78, 5) is 2.26. The van der Waals surface area contributed by atoms with Crippen LogP contribution in [0.1, 0.15) is 38.5 Å². The number of hydrogen-bond acceptors (Lipinski definition) is 3. The molecule has 14 heavy (non-hydrogen) atoms. The predicted octanol–water partition coefficient (Wildman–Crippen LogP) is 2.06. The molecule has 3 nitrogen and oxygen atoms in total. The second-order valence-electron chi connectivity index (χ2n) is 3.79. The van der Waals surface area contributed by atoms with Crippen LogP contribution in [0.4, 0.5) is 0 Å². The van der Waals surface area contributed by atoms with Crippen LogP contribution in [0.5, 0.6) is 0 Å². The van der Waals surface area contributed by atoms with Gasteiger partial charge < -0.3 is 0 Å². The highest BCUT2D eigenvalue weighted by atomic mass is 15.2. The molecule has 0 bridgehead atoms. The minimum atomic E-state index is 0.130. The molecule has 0 N–H and O–H groups in total. The fourth-order valence-corrected chi connectivity index (χ4v) is 1.92. The van der Waals surface area contributed by atoms with Crippen LogP contribution < -0.4 is 0 Å². The van der Waals surface area contributed by atoms with Crippen molar-refractivity contribution in [3.8, 4) is 12.1 Å². The lowest BCUT2D eigenvalue weighted by Crippen LogP contribution is -2.39. The highest BCUT2D eigenvalue weighted by Crippen LogP contribution is 2.16. The van der Waals surface area contributed by atoms with Crippen molar-refractivity contribution in [2.24, 2.45) is 0 Å². The highest BCUT2D eigenvalue weighted by Gasteiger charge is 2.20. The summed E-state index contributed by atoms with van der Waals surface area (Å²) in [5.41, 5.74) is 0. The summed E-state index contributed by atoms with van der Waals surface area (Å²) in [5, 5.41) is 17.3. The summed E-state index contributed by atoms with van der Waals surface area (Å²) in [6.45, 7) is 2.05. The van der Waals surface area contributed by atoms with Gasteiger partial charge in [-0.2, -0.15) is 10.5 Å². The second-order valence-corrected chi connectivity index (χ2v) is 3.79. The quantitative estimate of drug-likeness (QED) is 0.639. The maximum atomic E-state index is 8.92. The zero-order valence-corrected chi connectivity index (χ0v) is 8.58. The molecule has 0 aromatic heterocycles. The first-order valence-corrected chi connectivity index (χ1v) is 5.39. The van der Waals surface area contributed by atoms with Gasteiger partial charge in [0.1, 0.15) is 0 Å². The van der Waals surface area contributed by atoms with Crippen LogP contribution in [0.15, 0.2) is 0 Å². The van der Waals surface area contributed by atoms with Crippen molar-refractivity contribution in [1.29, 1.82) is 10.5 Å². The van der Waals surface area contributed by atoms with Crippen LogP contribution in [0.2, 0.25) is 0 Å². The van der Waals surface area contributed by atoms with E-state index >= 15 is 0 Å². The summed E-state index contributed by atoms with van der Waals surface area (Å²) in [6, 6.07) is 4.63. The molecule has 1 atom stereocenters. The van der Waals surface area contributed by atoms with E-state index in [-0.39, 0.29) is 6.04 Å². The molecule has 1 aliphatic heterocycles. The number of hydrogen-bond donors (Lipinski definition) is 0. The van der Waals surface area contributed by atoms with E-state index in [1.165, 1.54) is 12.8 Å². The molecule has 1 aliphatic rings. The first kappa shape index (κ1) is 11.0. The Morgan fingerprint density at radius 2 is 2.07 bits per heavy atom. The Kier molecular flexibility index (Phi) is 5.04. The normalized spacial score (nSPS) is 22.6. The molecule has 1 heterocycles. The van der Waals surface area contributed by atoms with Crippen LogP contribution >= 0.6 is 0 Å². The van der Waals surface area contributed by atoms with Gasteiger partial charge in [0.25, 0.3) is 0 Å². The van der Waals surface area contributed by atoms with Gasteiger partial charge in [0.15, 0.2) is 0 Å². The molecule has 0 amide bonds. The summed E-state index contributed by atoms with van der Waals surface area (Å²) in [6.07, 6.45) is 6.08. The van der Waals surface area contributed by atoms with Gasteiger partial charge in [-0.3, -0.25) is 4.90 Å². The van der Waals surface area contributed by atoms with Crippen LogP contribution in [0, 0.1) is 22.7 Å². The molecule has 0 aliphatic carbocycles. The van der Waals surface area contributed by atoms with E-state index in [1.807, 2.05) is 0 Å². The van der Waals surface area contributed by atoms with Gasteiger partial charge >= 0.3 is 0 Å². The number of piperidine rings is 1. The Hall–Kier alpha value is -1.06. The molecule has 0 aromatic rings. The van der Waals surface area contributed by atoms with Crippen molar-refractivity contribution >= 4 is 0 Å². The van der Waals surface area contributed by atoms with Crippen LogP contribution in [-0.4, -0.2) is 24.0 Å². The lowest BCUT2D eigenvalue weighted by Gasteiger charge is -2.31. The average molecular weight is 191 g/mol. The van der Waals surface area contributed by atoms with Crippen molar-refractivity contribution in [2.45, 2.75) is 44.6 Å². The van der Waals surface area contributed by atoms with E-state index in [4.69, 9.17) is 10.5 Å². The maximum absolute atomic E-state index is 8.92. The summed E-state index contributed by atoms with van der Waals surface area (Å²) < 4.78 is 0. The largest absolute Gasteiger partial charge is 0.288 e. The van der Waals surface area contributed by atoms with E-state index in [1.54, 1.807) is 0 Å². The highest BCUT2D eigenvalue weighted by molar-refractivity contribution is 4.93. The zero-order valence-electron chi connectivity index (χ0n) is 8.58. The third-order valence-electron chi connectivity index (χ3n) is 2.75. The van der Waals surface area contributed by atoms with Gasteiger partial charge in [0.2, 0.25) is 0 Å². The molecule has 1 saturated heterocycles. The Bertz CT molecular complexity index is 236. The van der Waals surface area contributed by atoms with Gasteiger partial charge in [0, 0.05) is 6.42 Å². The molecule has 1 unspecified atom stereocenters. The van der Waals surface area contributed by atoms with Crippen molar-refractivity contribution in [3.05, 3.63) is 0 Å². The summed E-state index contributed by atoms with van der Waals surface area (Å²) in [7, 11) is 0. The number of likely N-dealkylation sites (tertiary alicyclic amines) is 1. The Morgan fingerprint density at radius 3 is 2.79 bits per heavy atom. The average Bonchev–Trinajstić information content (AvgIpc) is 2.25. The standard InChI is InChI=1S/C11H17N3/c12-7-3-1-4-8-14-9-5-2-6-11(14)10-13/h11H,1-6,8-9H2. The summed E-state index contributed by atoms with van der Waals surface area (Å²) in [5.74, 6) is 0. The Labute approximate surface area is 85.9 Å². The minimum Gasteiger partial charge on any atom is -0.288 e. The SMILES string of the molecule is N#CCCCCN1CCCCC1C#N. The zero-order chi connectivity index (χ0) is 10.2. The lowest BCUT2D eigenvalue weighted by molar-refractivity contribution is 0.181. The smallest absolute Gasteiger partial charge is 0.0977 e. The molecule has 0 radical (unpaired) electrons. The Balaban J connectivity index is 2.21. The van der Waals surface area contributed by atoms with Gasteiger partial charge in [-0.25, -0.2) is 0 Å². The van der Waals surface area contributed by atoms with Crippen molar-refractivity contribution < 1.29 is 0 Å². The predicted molar refractivity (Wildman–Crippen MR) is 54.3 cm³/mol. The van der Waals surface area contributed by atoms with Crippen LogP contribution in [-0.2, 0) is 0 Å². The maximum Gasteiger partial charge on any atom is 0.0977 e. The molecule has 76 valence electrons. The van der Waals surface area contributed by atoms with Gasteiger partial charge in [-0.15, -0.1) is 0 Å². The third kappa shape index (κ3) is 3.36. The van der Waals surface area contributed by atoms with Crippen LogP contribution in [0.3, 0.4) is 0 Å². The molecular weight excluding hydrogens is 174 g/mol. The number of nitriles is 2. The lowest BCUT2D eigenvalue weighted by atomic mass is 10.0. The van der Waals surface area contributed by atoms with E-state index < -0.39 is 0 Å². The molecular formula is C11H17N3. The number of rotatable bonds is 4. The topological polar surface area (TPSA) is 50.8 Å². The second kappa shape index (κ2) is 6.40. The van der Waals surface area contributed by atoms with Crippen molar-refractivity contribution in [2.75, 3.05) is 13.1 Å². The van der Waals surface area contributed by atoms with E-state index in [9.17, 15) is 0 Å². The van der Waals surface area contributed by atoms with Crippen molar-refractivity contribution in [3.63, 3.8) is 0 Å². The molecule has 1 fully saturated rings. The van der Waals surface area contributed by atoms with Gasteiger partial charge in [-0.05, 0) is 45.2 Å². The van der Waals surface area contributed by atoms with Crippen molar-refractivity contribution in [1.82, 2.24) is 4.90 Å². The molecule has 1 rings (SSSR count). The molecule has 3 heteroatoms. The number of unbranched alkanes of at least 4 members (excludes halogenated alkanes) is 2. The minimum absolute atomic E-state index is 0.130. The molecule has 0 aromatic carbocycles. The molecule has 0 spiro atoms. The fraction of sp³-hybridized carbons (Fsp3) is 0.818. The first-order chi connectivity index (χ1) is 6.88. The van der Waals surface area contributed by atoms with Gasteiger partial charge in [0.05, 0.1) is 18.2 Å². The first-order valence-electron chi connectivity index (χ1n) is 5.39. The Morgan fingerprint density at radius 1 is 1.21 bits per heavy atom. The fourth-order valence-electron chi connectivity index (χ4n) is 1.92. The van der Waals surface area contributed by atoms with E-state index in [2.05, 4.69) is 17.0 Å². The van der Waals surface area contributed by atoms with Gasteiger partial charge in [-0.1, -0.05) is 0 Å². The monoisotopic (exact) mass is 191 g/mol. The third-order valence-corrected chi connectivity index (χ3v) is 2.75. The number of nitrogens with zero attached hydrogens (tertiary/aromatic N) is 3. The van der Waals surface area contributed by atoms with E-state index in [0.717, 1.165) is 32.4 Å². The molecule has 0 saturated carbocycles.